The predicted molar refractivity (Wildman–Crippen MR) is 146 cm³/mol. The second kappa shape index (κ2) is 9.49. The van der Waals surface area contributed by atoms with Gasteiger partial charge < -0.3 is 19.5 Å². The lowest BCUT2D eigenvalue weighted by Crippen LogP contribution is -2.47. The molecule has 7 rings (SSSR count). The van der Waals surface area contributed by atoms with Crippen molar-refractivity contribution in [3.63, 3.8) is 0 Å². The second-order valence-electron chi connectivity index (χ2n) is 10.0. The molecule has 5 heterocycles. The number of aryl methyl sites for hydroxylation is 1. The quantitative estimate of drug-likeness (QED) is 0.297. The lowest BCUT2D eigenvalue weighted by molar-refractivity contribution is -0.674. The number of thioether (sulfide) groups is 1. The van der Waals surface area contributed by atoms with Crippen LogP contribution in [-0.4, -0.2) is 36.4 Å². The number of carboxylic acids is 1. The summed E-state index contributed by atoms with van der Waals surface area (Å²) in [7, 11) is 0. The maximum atomic E-state index is 10.7. The highest BCUT2D eigenvalue weighted by Crippen LogP contribution is 2.53. The van der Waals surface area contributed by atoms with E-state index in [1.54, 1.807) is 0 Å². The maximum Gasteiger partial charge on any atom is 0.303 e. The van der Waals surface area contributed by atoms with Gasteiger partial charge in [0.1, 0.15) is 10.4 Å². The Kier molecular flexibility index (Phi) is 5.98. The molecular formula is C29H29N2O4S2+. The van der Waals surface area contributed by atoms with E-state index < -0.39 is 5.97 Å². The Labute approximate surface area is 224 Å². The Morgan fingerprint density at radius 1 is 1.14 bits per heavy atom. The molecule has 2 atom stereocenters. The summed E-state index contributed by atoms with van der Waals surface area (Å²) in [5.74, 6) is 0.148. The fraction of sp³-hybridized carbons (Fsp3) is 0.379. The average molecular weight is 534 g/mol. The van der Waals surface area contributed by atoms with Crippen molar-refractivity contribution in [1.29, 1.82) is 0 Å². The molecule has 1 N–H and O–H groups in total. The van der Waals surface area contributed by atoms with E-state index in [1.807, 2.05) is 23.1 Å². The Hall–Kier alpha value is -2.81. The Bertz CT molecular complexity index is 1460. The highest BCUT2D eigenvalue weighted by atomic mass is 32.2. The molecule has 0 fully saturated rings. The summed E-state index contributed by atoms with van der Waals surface area (Å²) in [6.07, 6.45) is 7.45. The molecule has 0 aliphatic carbocycles. The minimum atomic E-state index is -0.730. The zero-order valence-electron chi connectivity index (χ0n) is 20.5. The van der Waals surface area contributed by atoms with Crippen LogP contribution in [0.1, 0.15) is 43.5 Å². The van der Waals surface area contributed by atoms with E-state index in [-0.39, 0.29) is 18.6 Å². The summed E-state index contributed by atoms with van der Waals surface area (Å²) in [5.41, 5.74) is 5.18. The molecular weight excluding hydrogens is 504 g/mol. The first-order chi connectivity index (χ1) is 18.2. The number of rotatable bonds is 7. The number of carboxylic acid groups (broad SMARTS) is 1. The van der Waals surface area contributed by atoms with Crippen LogP contribution in [0.5, 0.6) is 5.75 Å². The number of thiazole rings is 1. The van der Waals surface area contributed by atoms with Gasteiger partial charge in [-0.1, -0.05) is 35.2 Å². The van der Waals surface area contributed by atoms with Crippen LogP contribution in [0.3, 0.4) is 0 Å². The topological polar surface area (TPSA) is 62.9 Å². The fourth-order valence-electron chi connectivity index (χ4n) is 5.84. The average Bonchev–Trinajstić information content (AvgIpc) is 3.48. The Morgan fingerprint density at radius 3 is 2.97 bits per heavy atom. The lowest BCUT2D eigenvalue weighted by Gasteiger charge is -2.38. The van der Waals surface area contributed by atoms with Crippen molar-refractivity contribution in [3.05, 3.63) is 64.2 Å². The first-order valence-electron chi connectivity index (χ1n) is 13.1. The third kappa shape index (κ3) is 4.15. The number of fused-ring (bicyclic) bond motifs is 9. The van der Waals surface area contributed by atoms with E-state index >= 15 is 0 Å². The minimum absolute atomic E-state index is 0.157. The van der Waals surface area contributed by atoms with Gasteiger partial charge in [0.05, 0.1) is 35.1 Å². The maximum absolute atomic E-state index is 10.7. The van der Waals surface area contributed by atoms with Gasteiger partial charge in [-0.2, -0.15) is 4.57 Å². The molecule has 190 valence electrons. The van der Waals surface area contributed by atoms with Crippen LogP contribution in [0.4, 0.5) is 5.69 Å². The number of anilines is 1. The third-order valence-electron chi connectivity index (χ3n) is 7.64. The summed E-state index contributed by atoms with van der Waals surface area (Å²) in [6.45, 7) is 2.56. The SMILES string of the molecule is O=C(O)CCCCCOc1ccc2c(c1)N1CCC3OC4CC[n+]5c(sc6ccccc65)C4=CC3=C1S2. The van der Waals surface area contributed by atoms with Crippen LogP contribution in [0.2, 0.25) is 0 Å². The number of nitrogens with zero attached hydrogens (tertiary/aromatic N) is 2. The largest absolute Gasteiger partial charge is 0.494 e. The van der Waals surface area contributed by atoms with E-state index in [4.69, 9.17) is 14.6 Å². The molecule has 0 saturated heterocycles. The highest BCUT2D eigenvalue weighted by molar-refractivity contribution is 8.03. The molecule has 37 heavy (non-hydrogen) atoms. The van der Waals surface area contributed by atoms with E-state index in [0.717, 1.165) is 44.5 Å². The zero-order chi connectivity index (χ0) is 24.9. The van der Waals surface area contributed by atoms with Gasteiger partial charge in [-0.15, -0.1) is 0 Å². The van der Waals surface area contributed by atoms with Crippen LogP contribution in [0.25, 0.3) is 15.8 Å². The summed E-state index contributed by atoms with van der Waals surface area (Å²) in [5, 5.41) is 11.4. The molecule has 3 aromatic rings. The van der Waals surface area contributed by atoms with E-state index in [2.05, 4.69) is 58.0 Å². The Balaban J connectivity index is 1.15. The monoisotopic (exact) mass is 533 g/mol. The van der Waals surface area contributed by atoms with Gasteiger partial charge in [0.25, 0.3) is 5.01 Å². The molecule has 1 aromatic heterocycles. The predicted octanol–water partition coefficient (Wildman–Crippen LogP) is 5.99. The summed E-state index contributed by atoms with van der Waals surface area (Å²) in [6, 6.07) is 15.1. The molecule has 8 heteroatoms. The van der Waals surface area contributed by atoms with Crippen molar-refractivity contribution in [2.24, 2.45) is 0 Å². The van der Waals surface area contributed by atoms with Crippen molar-refractivity contribution in [2.45, 2.75) is 62.2 Å². The lowest BCUT2D eigenvalue weighted by atomic mass is 9.92. The van der Waals surface area contributed by atoms with Crippen LogP contribution < -0.4 is 14.2 Å². The highest BCUT2D eigenvalue weighted by Gasteiger charge is 2.43. The Morgan fingerprint density at radius 2 is 2.05 bits per heavy atom. The van der Waals surface area contributed by atoms with Crippen LogP contribution in [0, 0.1) is 0 Å². The standard InChI is InChI=1S/C29H28N2O4S2/c32-27(33)8-2-1-5-15-34-18-9-10-26-22(16-18)31-14-12-24-20(29(31)37-26)17-19-23(35-24)11-13-30-21-6-3-4-7-25(21)36-28(19)30/h3-4,6-7,9-10,16-17,23-24H,1-2,5,8,11-15H2/p+1. The molecule has 0 spiro atoms. The van der Waals surface area contributed by atoms with Gasteiger partial charge in [0.2, 0.25) is 5.52 Å². The van der Waals surface area contributed by atoms with Crippen molar-refractivity contribution in [2.75, 3.05) is 18.1 Å². The van der Waals surface area contributed by atoms with Gasteiger partial charge in [0, 0.05) is 42.0 Å². The molecule has 2 unspecified atom stereocenters. The van der Waals surface area contributed by atoms with Crippen molar-refractivity contribution < 1.29 is 23.9 Å². The minimum Gasteiger partial charge on any atom is -0.494 e. The molecule has 6 nitrogen and oxygen atoms in total. The third-order valence-corrected chi connectivity index (χ3v) is 10.1. The van der Waals surface area contributed by atoms with Gasteiger partial charge in [0.15, 0.2) is 6.54 Å². The van der Waals surface area contributed by atoms with Gasteiger partial charge in [-0.05, 0) is 50.0 Å². The number of para-hydroxylation sites is 1. The normalized spacial score (nSPS) is 21.6. The van der Waals surface area contributed by atoms with E-state index in [1.165, 1.54) is 42.0 Å². The van der Waals surface area contributed by atoms with Crippen LogP contribution in [0.15, 0.2) is 64.0 Å². The van der Waals surface area contributed by atoms with Crippen molar-refractivity contribution >= 4 is 50.5 Å². The molecule has 4 aliphatic heterocycles. The summed E-state index contributed by atoms with van der Waals surface area (Å²) in [4.78, 5) is 14.4. The van der Waals surface area contributed by atoms with Crippen LogP contribution >= 0.6 is 23.1 Å². The smallest absolute Gasteiger partial charge is 0.303 e. The number of unbranched alkanes of at least 4 members (excludes halogenated alkanes) is 2. The van der Waals surface area contributed by atoms with Crippen molar-refractivity contribution in [1.82, 2.24) is 0 Å². The number of aliphatic carboxylic acids is 1. The van der Waals surface area contributed by atoms with Crippen LogP contribution in [-0.2, 0) is 16.1 Å². The zero-order valence-corrected chi connectivity index (χ0v) is 22.2. The number of hydrogen-bond donors (Lipinski definition) is 1. The van der Waals surface area contributed by atoms with Gasteiger partial charge in [-0.3, -0.25) is 4.79 Å². The molecule has 0 saturated carbocycles. The number of ether oxygens (including phenoxy) is 2. The molecule has 0 amide bonds. The molecule has 2 aromatic carbocycles. The number of aromatic nitrogens is 1. The first-order valence-corrected chi connectivity index (χ1v) is 14.8. The van der Waals surface area contributed by atoms with Crippen molar-refractivity contribution in [3.8, 4) is 5.75 Å². The second-order valence-corrected chi connectivity index (χ2v) is 12.1. The molecule has 0 bridgehead atoms. The number of hydrogen-bond acceptors (Lipinski definition) is 6. The van der Waals surface area contributed by atoms with Gasteiger partial charge >= 0.3 is 5.97 Å². The number of carbonyl (C=O) groups is 1. The molecule has 0 radical (unpaired) electrons. The molecule has 4 aliphatic rings. The van der Waals surface area contributed by atoms with Gasteiger partial charge in [-0.25, -0.2) is 0 Å². The number of benzene rings is 2. The summed E-state index contributed by atoms with van der Waals surface area (Å²) >= 11 is 3.72. The van der Waals surface area contributed by atoms with E-state index in [9.17, 15) is 4.79 Å². The first kappa shape index (κ1) is 23.3. The fourth-order valence-corrected chi connectivity index (χ4v) is 8.32. The summed E-state index contributed by atoms with van der Waals surface area (Å²) < 4.78 is 16.6. The van der Waals surface area contributed by atoms with E-state index in [0.29, 0.717) is 13.0 Å².